The van der Waals surface area contributed by atoms with Gasteiger partial charge in [-0.15, -0.1) is 0 Å². The minimum atomic E-state index is -0.269. The van der Waals surface area contributed by atoms with Crippen molar-refractivity contribution in [3.8, 4) is 11.8 Å². The Balaban J connectivity index is 1.54. The Morgan fingerprint density at radius 2 is 2.09 bits per heavy atom. The molecule has 0 aliphatic heterocycles. The van der Waals surface area contributed by atoms with Gasteiger partial charge in [0.05, 0.1) is 17.8 Å². The second-order valence-corrected chi connectivity index (χ2v) is 4.87. The molecule has 0 aliphatic rings. The summed E-state index contributed by atoms with van der Waals surface area (Å²) in [6, 6.07) is 14.5. The molecule has 0 saturated carbocycles. The van der Waals surface area contributed by atoms with Crippen molar-refractivity contribution in [1.82, 2.24) is 14.7 Å². The Labute approximate surface area is 133 Å². The van der Waals surface area contributed by atoms with Crippen LogP contribution in [0.4, 0.5) is 0 Å². The number of nitriles is 1. The highest BCUT2D eigenvalue weighted by molar-refractivity contribution is 5.77. The lowest BCUT2D eigenvalue weighted by molar-refractivity contribution is -0.123. The molecule has 3 rings (SSSR count). The molecule has 0 bridgehead atoms. The number of imidazole rings is 1. The van der Waals surface area contributed by atoms with E-state index >= 15 is 0 Å². The van der Waals surface area contributed by atoms with Crippen LogP contribution in [0.15, 0.2) is 54.9 Å². The molecule has 0 aliphatic carbocycles. The fourth-order valence-corrected chi connectivity index (χ4v) is 2.14. The summed E-state index contributed by atoms with van der Waals surface area (Å²) in [7, 11) is 0. The maximum absolute atomic E-state index is 11.9. The molecule has 1 aromatic carbocycles. The van der Waals surface area contributed by atoms with Crippen molar-refractivity contribution in [2.45, 2.75) is 6.54 Å². The van der Waals surface area contributed by atoms with E-state index < -0.39 is 0 Å². The van der Waals surface area contributed by atoms with Crippen LogP contribution >= 0.6 is 0 Å². The van der Waals surface area contributed by atoms with E-state index in [2.05, 4.69) is 10.3 Å². The minimum absolute atomic E-state index is 0.147. The fraction of sp³-hybridized carbons (Fsp3) is 0.118. The van der Waals surface area contributed by atoms with Gasteiger partial charge in [0.2, 0.25) is 0 Å². The summed E-state index contributed by atoms with van der Waals surface area (Å²) < 4.78 is 7.27. The Hall–Kier alpha value is -3.33. The first-order chi connectivity index (χ1) is 11.3. The Bertz CT molecular complexity index is 846. The van der Waals surface area contributed by atoms with E-state index in [1.54, 1.807) is 24.3 Å². The molecule has 23 heavy (non-hydrogen) atoms. The molecule has 2 aromatic heterocycles. The van der Waals surface area contributed by atoms with E-state index in [1.807, 2.05) is 41.1 Å². The average Bonchev–Trinajstić information content (AvgIpc) is 3.01. The van der Waals surface area contributed by atoms with Crippen molar-refractivity contribution in [1.29, 1.82) is 5.26 Å². The number of nitrogens with zero attached hydrogens (tertiary/aromatic N) is 3. The number of carbonyl (C=O) groups is 1. The Morgan fingerprint density at radius 3 is 2.91 bits per heavy atom. The van der Waals surface area contributed by atoms with Crippen LogP contribution in [-0.4, -0.2) is 21.9 Å². The molecule has 3 aromatic rings. The van der Waals surface area contributed by atoms with Gasteiger partial charge in [-0.2, -0.15) is 5.26 Å². The number of hydrogen-bond donors (Lipinski definition) is 1. The summed E-state index contributed by atoms with van der Waals surface area (Å²) >= 11 is 0. The summed E-state index contributed by atoms with van der Waals surface area (Å²) in [4.78, 5) is 16.2. The zero-order chi connectivity index (χ0) is 16.1. The average molecular weight is 306 g/mol. The van der Waals surface area contributed by atoms with Crippen LogP contribution in [-0.2, 0) is 11.3 Å². The van der Waals surface area contributed by atoms with Crippen LogP contribution in [0.2, 0.25) is 0 Å². The highest BCUT2D eigenvalue weighted by Gasteiger charge is 2.07. The third-order valence-corrected chi connectivity index (χ3v) is 3.25. The van der Waals surface area contributed by atoms with Gasteiger partial charge in [0.25, 0.3) is 5.91 Å². The zero-order valence-electron chi connectivity index (χ0n) is 12.3. The lowest BCUT2D eigenvalue weighted by atomic mass is 10.2. The van der Waals surface area contributed by atoms with E-state index in [9.17, 15) is 4.79 Å². The summed E-state index contributed by atoms with van der Waals surface area (Å²) in [6.07, 6.45) is 3.76. The number of aromatic nitrogens is 2. The maximum Gasteiger partial charge on any atom is 0.258 e. The number of amides is 1. The lowest BCUT2D eigenvalue weighted by Gasteiger charge is -2.07. The third-order valence-electron chi connectivity index (χ3n) is 3.25. The predicted octanol–water partition coefficient (Wildman–Crippen LogP) is 1.90. The highest BCUT2D eigenvalue weighted by Crippen LogP contribution is 2.16. The van der Waals surface area contributed by atoms with Crippen LogP contribution in [0.3, 0.4) is 0 Å². The molecule has 2 heterocycles. The number of rotatable bonds is 5. The van der Waals surface area contributed by atoms with Crippen LogP contribution in [0.1, 0.15) is 11.3 Å². The summed E-state index contributed by atoms with van der Waals surface area (Å²) in [5.41, 5.74) is 2.00. The van der Waals surface area contributed by atoms with Crippen LogP contribution in [0, 0.1) is 11.3 Å². The van der Waals surface area contributed by atoms with Crippen molar-refractivity contribution in [3.63, 3.8) is 0 Å². The first kappa shape index (κ1) is 14.6. The molecule has 0 radical (unpaired) electrons. The number of hydrogen-bond acceptors (Lipinski definition) is 4. The number of pyridine rings is 1. The van der Waals surface area contributed by atoms with Crippen LogP contribution in [0.5, 0.6) is 5.75 Å². The van der Waals surface area contributed by atoms with Crippen molar-refractivity contribution < 1.29 is 9.53 Å². The number of ether oxygens (including phenoxy) is 1. The van der Waals surface area contributed by atoms with Crippen LogP contribution < -0.4 is 10.1 Å². The first-order valence-electron chi connectivity index (χ1n) is 7.07. The number of nitrogens with one attached hydrogen (secondary N) is 1. The number of para-hydroxylation sites is 1. The van der Waals surface area contributed by atoms with Gasteiger partial charge in [-0.3, -0.25) is 4.79 Å². The van der Waals surface area contributed by atoms with Gasteiger partial charge in [-0.1, -0.05) is 18.2 Å². The lowest BCUT2D eigenvalue weighted by Crippen LogP contribution is -2.28. The summed E-state index contributed by atoms with van der Waals surface area (Å²) in [5, 5.41) is 11.7. The smallest absolute Gasteiger partial charge is 0.258 e. The van der Waals surface area contributed by atoms with Gasteiger partial charge in [0, 0.05) is 12.4 Å². The summed E-state index contributed by atoms with van der Waals surface area (Å²) in [5.74, 6) is 0.132. The number of benzene rings is 1. The second kappa shape index (κ2) is 6.62. The molecule has 1 amide bonds. The van der Waals surface area contributed by atoms with Gasteiger partial charge in [0.15, 0.2) is 6.61 Å². The van der Waals surface area contributed by atoms with Gasteiger partial charge in [0.1, 0.15) is 17.5 Å². The van der Waals surface area contributed by atoms with Crippen molar-refractivity contribution in [2.24, 2.45) is 0 Å². The van der Waals surface area contributed by atoms with Gasteiger partial charge >= 0.3 is 0 Å². The summed E-state index contributed by atoms with van der Waals surface area (Å²) in [6.45, 7) is 0.176. The van der Waals surface area contributed by atoms with Crippen molar-refractivity contribution in [3.05, 3.63) is 66.1 Å². The van der Waals surface area contributed by atoms with E-state index in [0.717, 1.165) is 11.3 Å². The normalized spacial score (nSPS) is 10.2. The highest BCUT2D eigenvalue weighted by atomic mass is 16.5. The van der Waals surface area contributed by atoms with Gasteiger partial charge in [-0.05, 0) is 24.3 Å². The molecule has 114 valence electrons. The first-order valence-corrected chi connectivity index (χ1v) is 7.07. The zero-order valence-corrected chi connectivity index (χ0v) is 12.3. The number of fused-ring (bicyclic) bond motifs is 1. The molecule has 0 unspecified atom stereocenters. The maximum atomic E-state index is 11.9. The second-order valence-electron chi connectivity index (χ2n) is 4.87. The van der Waals surface area contributed by atoms with E-state index in [-0.39, 0.29) is 12.5 Å². The van der Waals surface area contributed by atoms with Gasteiger partial charge in [-0.25, -0.2) is 4.98 Å². The standard InChI is InChI=1S/C17H14N4O2/c18-9-13-5-1-2-6-15(13)23-12-17(22)19-10-14-11-21-8-4-3-7-16(21)20-14/h1-8,11H,10,12H2,(H,19,22). The molecule has 0 spiro atoms. The molecular weight excluding hydrogens is 292 g/mol. The molecule has 0 fully saturated rings. The Kier molecular flexibility index (Phi) is 4.20. The minimum Gasteiger partial charge on any atom is -0.482 e. The predicted molar refractivity (Wildman–Crippen MR) is 83.7 cm³/mol. The van der Waals surface area contributed by atoms with Crippen LogP contribution in [0.25, 0.3) is 5.65 Å². The van der Waals surface area contributed by atoms with E-state index in [0.29, 0.717) is 17.9 Å². The largest absolute Gasteiger partial charge is 0.482 e. The third kappa shape index (κ3) is 3.47. The van der Waals surface area contributed by atoms with Gasteiger partial charge < -0.3 is 14.5 Å². The van der Waals surface area contributed by atoms with E-state index in [4.69, 9.17) is 10.00 Å². The quantitative estimate of drug-likeness (QED) is 0.781. The molecular formula is C17H14N4O2. The molecule has 0 atom stereocenters. The molecule has 6 heteroatoms. The van der Waals surface area contributed by atoms with Crippen molar-refractivity contribution >= 4 is 11.6 Å². The monoisotopic (exact) mass is 306 g/mol. The number of carbonyl (C=O) groups excluding carboxylic acids is 1. The van der Waals surface area contributed by atoms with Crippen molar-refractivity contribution in [2.75, 3.05) is 6.61 Å². The molecule has 1 N–H and O–H groups in total. The Morgan fingerprint density at radius 1 is 1.26 bits per heavy atom. The topological polar surface area (TPSA) is 79.4 Å². The molecule has 0 saturated heterocycles. The SMILES string of the molecule is N#Cc1ccccc1OCC(=O)NCc1cn2ccccc2n1. The fourth-order valence-electron chi connectivity index (χ4n) is 2.14. The molecule has 6 nitrogen and oxygen atoms in total. The van der Waals surface area contributed by atoms with E-state index in [1.165, 1.54) is 0 Å².